The molecular weight excluding hydrogens is 287 g/mol. The van der Waals surface area contributed by atoms with Crippen molar-refractivity contribution in [1.82, 2.24) is 5.32 Å². The second-order valence-electron chi connectivity index (χ2n) is 4.42. The second kappa shape index (κ2) is 7.09. The standard InChI is InChI=1S/C13H16ClFN2O3/c1-3-7(2)11(12(18)19)17-13(20)16-10-6-8(15)4-5-9(10)14/h4-7,11H,3H2,1-2H3,(H,18,19)(H2,16,17,20). The summed E-state index contributed by atoms with van der Waals surface area (Å²) in [6.45, 7) is 3.54. The molecule has 0 saturated carbocycles. The summed E-state index contributed by atoms with van der Waals surface area (Å²) in [7, 11) is 0. The molecule has 0 aromatic heterocycles. The molecule has 3 N–H and O–H groups in total. The van der Waals surface area contributed by atoms with Crippen LogP contribution in [0.2, 0.25) is 5.02 Å². The summed E-state index contributed by atoms with van der Waals surface area (Å²) in [5.41, 5.74) is 0.0810. The summed E-state index contributed by atoms with van der Waals surface area (Å²) in [6, 6.07) is 1.75. The number of carbonyl (C=O) groups excluding carboxylic acids is 1. The van der Waals surface area contributed by atoms with Gasteiger partial charge in [0, 0.05) is 0 Å². The van der Waals surface area contributed by atoms with Gasteiger partial charge in [0.15, 0.2) is 0 Å². The number of amides is 2. The van der Waals surface area contributed by atoms with Crippen LogP contribution >= 0.6 is 11.6 Å². The second-order valence-corrected chi connectivity index (χ2v) is 4.83. The Kier molecular flexibility index (Phi) is 5.76. The number of aliphatic carboxylic acids is 1. The molecule has 0 fully saturated rings. The number of halogens is 2. The number of rotatable bonds is 5. The highest BCUT2D eigenvalue weighted by Gasteiger charge is 2.25. The highest BCUT2D eigenvalue weighted by atomic mass is 35.5. The fraction of sp³-hybridized carbons (Fsp3) is 0.385. The molecule has 2 amide bonds. The average molecular weight is 303 g/mol. The van der Waals surface area contributed by atoms with Crippen molar-refractivity contribution >= 4 is 29.3 Å². The Morgan fingerprint density at radius 3 is 2.65 bits per heavy atom. The smallest absolute Gasteiger partial charge is 0.326 e. The van der Waals surface area contributed by atoms with E-state index in [4.69, 9.17) is 16.7 Å². The van der Waals surface area contributed by atoms with Crippen molar-refractivity contribution in [2.75, 3.05) is 5.32 Å². The number of hydrogen-bond acceptors (Lipinski definition) is 2. The highest BCUT2D eigenvalue weighted by Crippen LogP contribution is 2.22. The van der Waals surface area contributed by atoms with Crippen LogP contribution < -0.4 is 10.6 Å². The van der Waals surface area contributed by atoms with Crippen LogP contribution in [0, 0.1) is 11.7 Å². The van der Waals surface area contributed by atoms with Crippen molar-refractivity contribution in [3.8, 4) is 0 Å². The van der Waals surface area contributed by atoms with Crippen LogP contribution in [-0.4, -0.2) is 23.1 Å². The fourth-order valence-corrected chi connectivity index (χ4v) is 1.74. The molecule has 0 radical (unpaired) electrons. The van der Waals surface area contributed by atoms with E-state index in [2.05, 4.69) is 10.6 Å². The Bertz CT molecular complexity index is 510. The van der Waals surface area contributed by atoms with Crippen LogP contribution in [0.1, 0.15) is 20.3 Å². The van der Waals surface area contributed by atoms with Gasteiger partial charge in [-0.3, -0.25) is 0 Å². The van der Waals surface area contributed by atoms with Crippen molar-refractivity contribution in [3.05, 3.63) is 29.0 Å². The molecular formula is C13H16ClFN2O3. The average Bonchev–Trinajstić information content (AvgIpc) is 2.39. The number of carbonyl (C=O) groups is 2. The van der Waals surface area contributed by atoms with E-state index in [1.54, 1.807) is 6.92 Å². The lowest BCUT2D eigenvalue weighted by molar-refractivity contribution is -0.140. The number of carboxylic acid groups (broad SMARTS) is 1. The summed E-state index contributed by atoms with van der Waals surface area (Å²) in [5, 5.41) is 13.9. The minimum atomic E-state index is -1.13. The number of benzene rings is 1. The third-order valence-electron chi connectivity index (χ3n) is 2.94. The first-order valence-corrected chi connectivity index (χ1v) is 6.48. The first kappa shape index (κ1) is 16.2. The van der Waals surface area contributed by atoms with Gasteiger partial charge in [-0.15, -0.1) is 0 Å². The normalized spacial score (nSPS) is 13.4. The van der Waals surface area contributed by atoms with Crippen molar-refractivity contribution in [2.45, 2.75) is 26.3 Å². The molecule has 1 aromatic rings. The minimum Gasteiger partial charge on any atom is -0.480 e. The number of urea groups is 1. The van der Waals surface area contributed by atoms with Crippen LogP contribution in [0.15, 0.2) is 18.2 Å². The van der Waals surface area contributed by atoms with E-state index in [0.717, 1.165) is 12.1 Å². The van der Waals surface area contributed by atoms with Crippen LogP contribution in [0.25, 0.3) is 0 Å². The lowest BCUT2D eigenvalue weighted by atomic mass is 9.99. The minimum absolute atomic E-state index is 0.0810. The molecule has 1 aromatic carbocycles. The van der Waals surface area contributed by atoms with Crippen molar-refractivity contribution < 1.29 is 19.1 Å². The molecule has 0 aliphatic rings. The van der Waals surface area contributed by atoms with Gasteiger partial charge >= 0.3 is 12.0 Å². The Hall–Kier alpha value is -1.82. The van der Waals surface area contributed by atoms with Crippen LogP contribution in [-0.2, 0) is 4.79 Å². The van der Waals surface area contributed by atoms with Crippen LogP contribution in [0.3, 0.4) is 0 Å². The highest BCUT2D eigenvalue weighted by molar-refractivity contribution is 6.33. The Balaban J connectivity index is 2.75. The largest absolute Gasteiger partial charge is 0.480 e. The molecule has 7 heteroatoms. The zero-order chi connectivity index (χ0) is 15.3. The summed E-state index contributed by atoms with van der Waals surface area (Å²) in [6.07, 6.45) is 0.595. The molecule has 2 atom stereocenters. The van der Waals surface area contributed by atoms with E-state index >= 15 is 0 Å². The Morgan fingerprint density at radius 2 is 2.10 bits per heavy atom. The van der Waals surface area contributed by atoms with Gasteiger partial charge in [-0.2, -0.15) is 0 Å². The summed E-state index contributed by atoms with van der Waals surface area (Å²) in [5.74, 6) is -1.91. The lowest BCUT2D eigenvalue weighted by Crippen LogP contribution is -2.46. The maximum absolute atomic E-state index is 13.0. The molecule has 0 spiro atoms. The van der Waals surface area contributed by atoms with Crippen LogP contribution in [0.5, 0.6) is 0 Å². The van der Waals surface area contributed by atoms with E-state index in [9.17, 15) is 14.0 Å². The molecule has 0 saturated heterocycles. The molecule has 20 heavy (non-hydrogen) atoms. The molecule has 0 heterocycles. The van der Waals surface area contributed by atoms with E-state index in [0.29, 0.717) is 6.42 Å². The van der Waals surface area contributed by atoms with Gasteiger partial charge < -0.3 is 15.7 Å². The van der Waals surface area contributed by atoms with Crippen LogP contribution in [0.4, 0.5) is 14.9 Å². The maximum atomic E-state index is 13.0. The van der Waals surface area contributed by atoms with Gasteiger partial charge in [-0.1, -0.05) is 31.9 Å². The molecule has 5 nitrogen and oxygen atoms in total. The van der Waals surface area contributed by atoms with E-state index in [-0.39, 0.29) is 16.6 Å². The van der Waals surface area contributed by atoms with Crippen molar-refractivity contribution in [3.63, 3.8) is 0 Å². The van der Waals surface area contributed by atoms with Gasteiger partial charge in [-0.25, -0.2) is 14.0 Å². The maximum Gasteiger partial charge on any atom is 0.326 e. The van der Waals surface area contributed by atoms with E-state index in [1.165, 1.54) is 6.07 Å². The monoisotopic (exact) mass is 302 g/mol. The molecule has 0 aliphatic carbocycles. The van der Waals surface area contributed by atoms with Gasteiger partial charge in [-0.05, 0) is 24.1 Å². The Labute approximate surface area is 121 Å². The van der Waals surface area contributed by atoms with E-state index < -0.39 is 23.9 Å². The first-order valence-electron chi connectivity index (χ1n) is 6.10. The number of hydrogen-bond donors (Lipinski definition) is 3. The van der Waals surface area contributed by atoms with Crippen molar-refractivity contribution in [2.24, 2.45) is 5.92 Å². The lowest BCUT2D eigenvalue weighted by Gasteiger charge is -2.20. The predicted octanol–water partition coefficient (Wildman–Crippen LogP) is 3.10. The zero-order valence-corrected chi connectivity index (χ0v) is 11.9. The SMILES string of the molecule is CCC(C)C(NC(=O)Nc1cc(F)ccc1Cl)C(=O)O. The summed E-state index contributed by atoms with van der Waals surface area (Å²) in [4.78, 5) is 22.8. The predicted molar refractivity (Wildman–Crippen MR) is 74.4 cm³/mol. The van der Waals surface area contributed by atoms with Crippen molar-refractivity contribution in [1.29, 1.82) is 0 Å². The first-order chi connectivity index (χ1) is 9.35. The van der Waals surface area contributed by atoms with Gasteiger partial charge in [0.25, 0.3) is 0 Å². The summed E-state index contributed by atoms with van der Waals surface area (Å²) >= 11 is 5.80. The molecule has 0 aliphatic heterocycles. The molecule has 0 bridgehead atoms. The van der Waals surface area contributed by atoms with Gasteiger partial charge in [0.05, 0.1) is 10.7 Å². The molecule has 110 valence electrons. The number of carboxylic acids is 1. The molecule has 2 unspecified atom stereocenters. The summed E-state index contributed by atoms with van der Waals surface area (Å²) < 4.78 is 13.0. The zero-order valence-electron chi connectivity index (χ0n) is 11.1. The third-order valence-corrected chi connectivity index (χ3v) is 3.27. The fourth-order valence-electron chi connectivity index (χ4n) is 1.58. The van der Waals surface area contributed by atoms with Gasteiger partial charge in [0.2, 0.25) is 0 Å². The number of anilines is 1. The Morgan fingerprint density at radius 1 is 1.45 bits per heavy atom. The third kappa shape index (κ3) is 4.38. The number of nitrogens with one attached hydrogen (secondary N) is 2. The molecule has 1 rings (SSSR count). The van der Waals surface area contributed by atoms with Gasteiger partial charge in [0.1, 0.15) is 11.9 Å². The quantitative estimate of drug-likeness (QED) is 0.782. The topological polar surface area (TPSA) is 78.4 Å². The van der Waals surface area contributed by atoms with E-state index in [1.807, 2.05) is 6.92 Å².